The summed E-state index contributed by atoms with van der Waals surface area (Å²) in [4.78, 5) is 7.13. The first kappa shape index (κ1) is 16.2. The molecule has 0 bridgehead atoms. The van der Waals surface area contributed by atoms with E-state index in [9.17, 15) is 9.50 Å². The van der Waals surface area contributed by atoms with Crippen molar-refractivity contribution in [2.24, 2.45) is 5.73 Å². The lowest BCUT2D eigenvalue weighted by Gasteiger charge is -2.20. The Morgan fingerprint density at radius 1 is 1.48 bits per heavy atom. The number of aliphatic hydroxyl groups is 1. The van der Waals surface area contributed by atoms with Gasteiger partial charge in [0.05, 0.1) is 31.1 Å². The zero-order valence-electron chi connectivity index (χ0n) is 13.6. The Hall–Kier alpha value is -2.23. The molecule has 0 spiro atoms. The molecule has 132 valence electrons. The number of hydrogen-bond donors (Lipinski definition) is 2. The zero-order valence-corrected chi connectivity index (χ0v) is 14.5. The van der Waals surface area contributed by atoms with E-state index >= 15 is 0 Å². The van der Waals surface area contributed by atoms with Crippen molar-refractivity contribution < 1.29 is 14.2 Å². The maximum absolute atomic E-state index is 13.4. The van der Waals surface area contributed by atoms with E-state index in [1.807, 2.05) is 4.90 Å². The van der Waals surface area contributed by atoms with Gasteiger partial charge in [-0.2, -0.15) is 0 Å². The van der Waals surface area contributed by atoms with Crippen LogP contribution in [0.4, 0.5) is 9.52 Å². The molecular weight excluding hydrogens is 345 g/mol. The van der Waals surface area contributed by atoms with Crippen molar-refractivity contribution in [2.45, 2.75) is 12.0 Å². The second kappa shape index (κ2) is 5.94. The summed E-state index contributed by atoms with van der Waals surface area (Å²) >= 11 is 1.44. The van der Waals surface area contributed by atoms with Gasteiger partial charge in [0.2, 0.25) is 10.1 Å². The molecular formula is C16H18FN5O2S. The molecule has 3 heterocycles. The number of β-amino-alcohol motifs (C(OH)–C–C–N with tert-alkyl or cyclic N) is 1. The molecule has 0 radical (unpaired) electrons. The minimum atomic E-state index is -0.864. The number of ether oxygens (including phenoxy) is 1. The summed E-state index contributed by atoms with van der Waals surface area (Å²) in [6.45, 7) is 1.37. The zero-order chi connectivity index (χ0) is 17.6. The predicted molar refractivity (Wildman–Crippen MR) is 93.6 cm³/mol. The Morgan fingerprint density at radius 3 is 3.04 bits per heavy atom. The number of fused-ring (bicyclic) bond motifs is 1. The molecule has 0 amide bonds. The van der Waals surface area contributed by atoms with E-state index in [2.05, 4.69) is 10.1 Å². The van der Waals surface area contributed by atoms with Crippen LogP contribution in [0.25, 0.3) is 16.2 Å². The lowest BCUT2D eigenvalue weighted by atomic mass is 10.0. The lowest BCUT2D eigenvalue weighted by molar-refractivity contribution is 0.0725. The van der Waals surface area contributed by atoms with Crippen LogP contribution in [0.2, 0.25) is 0 Å². The first-order valence-corrected chi connectivity index (χ1v) is 8.70. The van der Waals surface area contributed by atoms with Gasteiger partial charge in [-0.1, -0.05) is 11.3 Å². The van der Waals surface area contributed by atoms with Crippen LogP contribution in [0.3, 0.4) is 0 Å². The van der Waals surface area contributed by atoms with Gasteiger partial charge in [-0.25, -0.2) is 13.9 Å². The highest BCUT2D eigenvalue weighted by molar-refractivity contribution is 7.20. The maximum atomic E-state index is 13.4. The van der Waals surface area contributed by atoms with Crippen molar-refractivity contribution in [1.29, 1.82) is 0 Å². The van der Waals surface area contributed by atoms with Crippen LogP contribution in [0.5, 0.6) is 5.75 Å². The summed E-state index contributed by atoms with van der Waals surface area (Å²) in [7, 11) is 1.50. The normalized spacial score (nSPS) is 20.6. The van der Waals surface area contributed by atoms with Gasteiger partial charge in [0, 0.05) is 24.7 Å². The van der Waals surface area contributed by atoms with Gasteiger partial charge >= 0.3 is 0 Å². The second-order valence-corrected chi connectivity index (χ2v) is 7.10. The fraction of sp³-hybridized carbons (Fsp3) is 0.375. The fourth-order valence-corrected chi connectivity index (χ4v) is 3.96. The number of aromatic nitrogens is 3. The smallest absolute Gasteiger partial charge is 0.214 e. The molecule has 1 saturated heterocycles. The Balaban J connectivity index is 1.73. The molecule has 1 fully saturated rings. The van der Waals surface area contributed by atoms with Crippen molar-refractivity contribution in [3.05, 3.63) is 30.2 Å². The largest absolute Gasteiger partial charge is 0.496 e. The number of methoxy groups -OCH3 is 1. The highest BCUT2D eigenvalue weighted by atomic mass is 32.1. The van der Waals surface area contributed by atoms with Gasteiger partial charge in [0.15, 0.2) is 0 Å². The summed E-state index contributed by atoms with van der Waals surface area (Å²) in [6.07, 6.45) is 2.31. The Labute approximate surface area is 147 Å². The number of benzene rings is 1. The average molecular weight is 363 g/mol. The number of hydrogen-bond acceptors (Lipinski definition) is 7. The SMILES string of the molecule is COc1cc(F)ccc1-c1cnc2sc(N3CC[C@](O)(CN)C3)nn12. The van der Waals surface area contributed by atoms with E-state index in [1.54, 1.807) is 16.8 Å². The van der Waals surface area contributed by atoms with Crippen LogP contribution >= 0.6 is 11.3 Å². The predicted octanol–water partition coefficient (Wildman–Crippen LogP) is 1.51. The number of anilines is 1. The summed E-state index contributed by atoms with van der Waals surface area (Å²) in [5.41, 5.74) is 6.23. The molecule has 25 heavy (non-hydrogen) atoms. The van der Waals surface area contributed by atoms with Crippen LogP contribution in [0.1, 0.15) is 6.42 Å². The molecule has 3 N–H and O–H groups in total. The molecule has 4 rings (SSSR count). The summed E-state index contributed by atoms with van der Waals surface area (Å²) in [5.74, 6) is 0.0634. The monoisotopic (exact) mass is 363 g/mol. The molecule has 9 heteroatoms. The Kier molecular flexibility index (Phi) is 3.86. The van der Waals surface area contributed by atoms with Gasteiger partial charge in [-0.05, 0) is 18.6 Å². The molecule has 0 unspecified atom stereocenters. The van der Waals surface area contributed by atoms with E-state index in [-0.39, 0.29) is 12.4 Å². The van der Waals surface area contributed by atoms with E-state index < -0.39 is 5.60 Å². The van der Waals surface area contributed by atoms with Crippen molar-refractivity contribution in [1.82, 2.24) is 14.6 Å². The molecule has 0 saturated carbocycles. The Morgan fingerprint density at radius 2 is 2.32 bits per heavy atom. The fourth-order valence-electron chi connectivity index (χ4n) is 3.06. The van der Waals surface area contributed by atoms with E-state index in [1.165, 1.54) is 30.6 Å². The summed E-state index contributed by atoms with van der Waals surface area (Å²) in [5, 5.41) is 15.7. The number of rotatable bonds is 4. The van der Waals surface area contributed by atoms with Crippen LogP contribution in [0, 0.1) is 5.82 Å². The first-order chi connectivity index (χ1) is 12.0. The van der Waals surface area contributed by atoms with Gasteiger partial charge in [0.25, 0.3) is 0 Å². The van der Waals surface area contributed by atoms with Crippen LogP contribution in [-0.4, -0.2) is 52.0 Å². The molecule has 7 nitrogen and oxygen atoms in total. The third kappa shape index (κ3) is 2.74. The number of imidazole rings is 1. The number of nitrogens with two attached hydrogens (primary N) is 1. The van der Waals surface area contributed by atoms with Gasteiger partial charge in [0.1, 0.15) is 11.6 Å². The molecule has 1 atom stereocenters. The van der Waals surface area contributed by atoms with Gasteiger partial charge in [-0.15, -0.1) is 5.10 Å². The van der Waals surface area contributed by atoms with Crippen molar-refractivity contribution in [2.75, 3.05) is 31.6 Å². The number of nitrogens with zero attached hydrogens (tertiary/aromatic N) is 4. The van der Waals surface area contributed by atoms with Crippen molar-refractivity contribution in [3.8, 4) is 17.0 Å². The molecule has 0 aliphatic carbocycles. The van der Waals surface area contributed by atoms with Gasteiger partial charge < -0.3 is 20.5 Å². The van der Waals surface area contributed by atoms with Crippen LogP contribution in [0.15, 0.2) is 24.4 Å². The molecule has 1 aliphatic heterocycles. The van der Waals surface area contributed by atoms with E-state index in [0.717, 1.165) is 15.8 Å². The maximum Gasteiger partial charge on any atom is 0.214 e. The second-order valence-electron chi connectivity index (χ2n) is 6.17. The van der Waals surface area contributed by atoms with E-state index in [4.69, 9.17) is 10.5 Å². The first-order valence-electron chi connectivity index (χ1n) is 7.89. The summed E-state index contributed by atoms with van der Waals surface area (Å²) < 4.78 is 20.5. The Bertz CT molecular complexity index is 927. The lowest BCUT2D eigenvalue weighted by Crippen LogP contribution is -2.40. The highest BCUT2D eigenvalue weighted by Gasteiger charge is 2.36. The third-order valence-electron chi connectivity index (χ3n) is 4.50. The minimum absolute atomic E-state index is 0.226. The molecule has 1 aromatic carbocycles. The number of halogens is 1. The van der Waals surface area contributed by atoms with Crippen molar-refractivity contribution >= 4 is 21.4 Å². The minimum Gasteiger partial charge on any atom is -0.496 e. The topological polar surface area (TPSA) is 88.9 Å². The molecule has 2 aromatic heterocycles. The van der Waals surface area contributed by atoms with Crippen molar-refractivity contribution in [3.63, 3.8) is 0 Å². The average Bonchev–Trinajstić information content (AvgIpc) is 3.29. The van der Waals surface area contributed by atoms with Crippen LogP contribution < -0.4 is 15.4 Å². The molecule has 3 aromatic rings. The molecule has 1 aliphatic rings. The quantitative estimate of drug-likeness (QED) is 0.730. The third-order valence-corrected chi connectivity index (χ3v) is 5.48. The standard InChI is InChI=1S/C16H18FN5O2S/c1-24-13-6-10(17)2-3-11(13)12-7-19-14-22(12)20-15(25-14)21-5-4-16(23,8-18)9-21/h2-3,6-7,23H,4-5,8-9,18H2,1H3/t16-/m0/s1. The van der Waals surface area contributed by atoms with Gasteiger partial charge in [-0.3, -0.25) is 0 Å². The summed E-state index contributed by atoms with van der Waals surface area (Å²) in [6, 6.07) is 4.37. The highest BCUT2D eigenvalue weighted by Crippen LogP contribution is 2.35. The van der Waals surface area contributed by atoms with Crippen LogP contribution in [-0.2, 0) is 0 Å². The van der Waals surface area contributed by atoms with E-state index in [0.29, 0.717) is 30.8 Å².